The molecule has 0 radical (unpaired) electrons. The van der Waals surface area contributed by atoms with Crippen molar-refractivity contribution < 1.29 is 22.8 Å². The van der Waals surface area contributed by atoms with Crippen LogP contribution in [0.25, 0.3) is 0 Å². The average molecular weight is 432 g/mol. The monoisotopic (exact) mass is 432 g/mol. The molecule has 156 valence electrons. The lowest BCUT2D eigenvalue weighted by Crippen LogP contribution is -2.35. The Bertz CT molecular complexity index is 1070. The number of hydrogen-bond acceptors (Lipinski definition) is 4. The lowest BCUT2D eigenvalue weighted by molar-refractivity contribution is -0.137. The van der Waals surface area contributed by atoms with Gasteiger partial charge in [0.25, 0.3) is 5.91 Å². The fraction of sp³-hybridized carbons (Fsp3) is 0.273. The van der Waals surface area contributed by atoms with Gasteiger partial charge >= 0.3 is 6.18 Å². The van der Waals surface area contributed by atoms with Gasteiger partial charge < -0.3 is 10.6 Å². The zero-order valence-corrected chi connectivity index (χ0v) is 16.9. The molecule has 1 aliphatic carbocycles. The van der Waals surface area contributed by atoms with E-state index in [2.05, 4.69) is 10.6 Å². The molecular weight excluding hydrogens is 413 g/mol. The first-order valence-corrected chi connectivity index (χ1v) is 10.4. The predicted molar refractivity (Wildman–Crippen MR) is 109 cm³/mol. The summed E-state index contributed by atoms with van der Waals surface area (Å²) >= 11 is 1.46. The Balaban J connectivity index is 1.71. The number of hydrogen-bond donors (Lipinski definition) is 2. The fourth-order valence-corrected chi connectivity index (χ4v) is 4.71. The van der Waals surface area contributed by atoms with Crippen molar-refractivity contribution in [3.63, 3.8) is 0 Å². The van der Waals surface area contributed by atoms with Gasteiger partial charge in [0.1, 0.15) is 0 Å². The molecule has 0 fully saturated rings. The Hall–Kier alpha value is -2.87. The van der Waals surface area contributed by atoms with Crippen molar-refractivity contribution in [1.82, 2.24) is 5.32 Å². The number of ketones is 1. The summed E-state index contributed by atoms with van der Waals surface area (Å²) in [5.41, 5.74) is 2.40. The van der Waals surface area contributed by atoms with Crippen LogP contribution in [0.5, 0.6) is 0 Å². The highest BCUT2D eigenvalue weighted by atomic mass is 32.1. The van der Waals surface area contributed by atoms with Crippen LogP contribution in [0.3, 0.4) is 0 Å². The third kappa shape index (κ3) is 3.79. The molecular formula is C22H19F3N2O2S. The molecule has 0 saturated heterocycles. The maximum absolute atomic E-state index is 13.2. The van der Waals surface area contributed by atoms with Crippen molar-refractivity contribution >= 4 is 28.7 Å². The van der Waals surface area contributed by atoms with Gasteiger partial charge in [0, 0.05) is 40.6 Å². The fourth-order valence-electron chi connectivity index (χ4n) is 4.03. The molecule has 2 heterocycles. The van der Waals surface area contributed by atoms with Gasteiger partial charge in [0.2, 0.25) is 0 Å². The first kappa shape index (κ1) is 20.4. The number of nitrogens with one attached hydrogen (secondary N) is 2. The molecule has 0 unspecified atom stereocenters. The van der Waals surface area contributed by atoms with Crippen LogP contribution in [0.15, 0.2) is 63.6 Å². The minimum Gasteiger partial charge on any atom is -0.362 e. The van der Waals surface area contributed by atoms with Crippen molar-refractivity contribution in [1.29, 1.82) is 0 Å². The number of rotatable bonds is 3. The summed E-state index contributed by atoms with van der Waals surface area (Å²) in [5, 5.41) is 9.56. The number of carbonyl (C=O) groups excluding carboxylic acids is 2. The van der Waals surface area contributed by atoms with Gasteiger partial charge in [-0.3, -0.25) is 9.59 Å². The summed E-state index contributed by atoms with van der Waals surface area (Å²) in [6, 6.07) is 6.39. The topological polar surface area (TPSA) is 58.2 Å². The normalized spacial score (nSPS) is 19.5. The summed E-state index contributed by atoms with van der Waals surface area (Å²) in [4.78, 5) is 26.0. The Kier molecular flexibility index (Phi) is 5.27. The molecule has 2 aliphatic rings. The Labute approximate surface area is 175 Å². The standard InChI is InChI=1S/C22H19F3N2O2S/c1-12-18(21(29)27-15-5-2-4-14(10-15)22(23,24)25)19(13-8-9-30-11-13)20-16(26-12)6-3-7-17(20)28/h2,4-5,8-11,19,26H,3,6-7H2,1H3,(H,27,29)/t19-/m0/s1. The minimum atomic E-state index is -4.50. The van der Waals surface area contributed by atoms with Crippen LogP contribution in [0, 0.1) is 0 Å². The molecule has 8 heteroatoms. The van der Waals surface area contributed by atoms with Gasteiger partial charge in [-0.25, -0.2) is 0 Å². The smallest absolute Gasteiger partial charge is 0.362 e. The van der Waals surface area contributed by atoms with E-state index in [1.54, 1.807) is 6.92 Å². The van der Waals surface area contributed by atoms with Crippen LogP contribution in [-0.2, 0) is 15.8 Å². The van der Waals surface area contributed by atoms with Gasteiger partial charge in [-0.05, 0) is 60.4 Å². The summed E-state index contributed by atoms with van der Waals surface area (Å²) in [6.45, 7) is 1.75. The molecule has 30 heavy (non-hydrogen) atoms. The van der Waals surface area contributed by atoms with Gasteiger partial charge in [-0.2, -0.15) is 24.5 Å². The second kappa shape index (κ2) is 7.75. The van der Waals surface area contributed by atoms with E-state index in [1.165, 1.54) is 23.5 Å². The van der Waals surface area contributed by atoms with E-state index in [1.807, 2.05) is 16.8 Å². The zero-order valence-electron chi connectivity index (χ0n) is 16.1. The van der Waals surface area contributed by atoms with Gasteiger partial charge in [0.15, 0.2) is 5.78 Å². The van der Waals surface area contributed by atoms with Gasteiger partial charge in [-0.15, -0.1) is 0 Å². The van der Waals surface area contributed by atoms with E-state index in [4.69, 9.17) is 0 Å². The molecule has 1 atom stereocenters. The maximum Gasteiger partial charge on any atom is 0.416 e. The van der Waals surface area contributed by atoms with Crippen molar-refractivity contribution in [2.45, 2.75) is 38.3 Å². The van der Waals surface area contributed by atoms with E-state index < -0.39 is 23.6 Å². The number of halogens is 3. The molecule has 0 spiro atoms. The Morgan fingerprint density at radius 3 is 2.73 bits per heavy atom. The van der Waals surface area contributed by atoms with Crippen LogP contribution in [0.2, 0.25) is 0 Å². The number of amides is 1. The van der Waals surface area contributed by atoms with Crippen molar-refractivity contribution in [2.75, 3.05) is 5.32 Å². The molecule has 1 aliphatic heterocycles. The Morgan fingerprint density at radius 1 is 1.23 bits per heavy atom. The van der Waals surface area contributed by atoms with E-state index in [-0.39, 0.29) is 11.5 Å². The van der Waals surface area contributed by atoms with Crippen LogP contribution in [0.1, 0.15) is 43.2 Å². The predicted octanol–water partition coefficient (Wildman–Crippen LogP) is 5.37. The van der Waals surface area contributed by atoms with Crippen molar-refractivity contribution in [3.05, 3.63) is 74.8 Å². The summed E-state index contributed by atoms with van der Waals surface area (Å²) in [5.74, 6) is -1.07. The van der Waals surface area contributed by atoms with E-state index >= 15 is 0 Å². The minimum absolute atomic E-state index is 0.00295. The summed E-state index contributed by atoms with van der Waals surface area (Å²) in [7, 11) is 0. The molecule has 4 rings (SSSR count). The van der Waals surface area contributed by atoms with E-state index in [0.717, 1.165) is 36.2 Å². The van der Waals surface area contributed by atoms with Gasteiger partial charge in [-0.1, -0.05) is 6.07 Å². The molecule has 0 saturated carbocycles. The van der Waals surface area contributed by atoms with Crippen LogP contribution in [-0.4, -0.2) is 11.7 Å². The summed E-state index contributed by atoms with van der Waals surface area (Å²) in [6.07, 6.45) is -2.61. The number of benzene rings is 1. The number of thiophene rings is 1. The molecule has 1 amide bonds. The molecule has 0 bridgehead atoms. The van der Waals surface area contributed by atoms with Crippen molar-refractivity contribution in [2.24, 2.45) is 0 Å². The molecule has 2 aromatic rings. The first-order valence-electron chi connectivity index (χ1n) is 9.50. The number of alkyl halides is 3. The van der Waals surface area contributed by atoms with Crippen molar-refractivity contribution in [3.8, 4) is 0 Å². The van der Waals surface area contributed by atoms with E-state index in [0.29, 0.717) is 23.3 Å². The lowest BCUT2D eigenvalue weighted by atomic mass is 9.75. The van der Waals surface area contributed by atoms with Crippen LogP contribution in [0.4, 0.5) is 18.9 Å². The van der Waals surface area contributed by atoms with E-state index in [9.17, 15) is 22.8 Å². The number of allylic oxidation sites excluding steroid dienone is 3. The average Bonchev–Trinajstić information content (AvgIpc) is 3.21. The second-order valence-corrected chi connectivity index (χ2v) is 8.14. The van der Waals surface area contributed by atoms with Gasteiger partial charge in [0.05, 0.1) is 5.56 Å². The zero-order chi connectivity index (χ0) is 21.5. The van der Waals surface area contributed by atoms with Crippen LogP contribution >= 0.6 is 11.3 Å². The molecule has 1 aromatic heterocycles. The Morgan fingerprint density at radius 2 is 2.03 bits per heavy atom. The third-order valence-electron chi connectivity index (χ3n) is 5.34. The number of carbonyl (C=O) groups is 2. The third-order valence-corrected chi connectivity index (χ3v) is 6.05. The second-order valence-electron chi connectivity index (χ2n) is 7.36. The van der Waals surface area contributed by atoms with Crippen LogP contribution < -0.4 is 10.6 Å². The number of anilines is 1. The maximum atomic E-state index is 13.2. The number of dihydropyridines is 1. The largest absolute Gasteiger partial charge is 0.416 e. The highest BCUT2D eigenvalue weighted by Crippen LogP contribution is 2.43. The molecule has 2 N–H and O–H groups in total. The summed E-state index contributed by atoms with van der Waals surface area (Å²) < 4.78 is 39.1. The lowest BCUT2D eigenvalue weighted by Gasteiger charge is -2.34. The highest BCUT2D eigenvalue weighted by molar-refractivity contribution is 7.08. The highest BCUT2D eigenvalue weighted by Gasteiger charge is 2.38. The first-order chi connectivity index (χ1) is 14.3. The quantitative estimate of drug-likeness (QED) is 0.685. The number of Topliss-reactive ketones (excluding diaryl/α,β-unsaturated/α-hetero) is 1. The molecule has 4 nitrogen and oxygen atoms in total. The molecule has 1 aromatic carbocycles. The SMILES string of the molecule is CC1=C(C(=O)Nc2cccc(C(F)(F)F)c2)[C@H](c2ccsc2)C2=C(CCCC2=O)N1.